The number of hydrogen-bond donors (Lipinski definition) is 1. The fourth-order valence-corrected chi connectivity index (χ4v) is 2.73. The summed E-state index contributed by atoms with van der Waals surface area (Å²) < 4.78 is 10.7. The van der Waals surface area contributed by atoms with Gasteiger partial charge in [-0.25, -0.2) is 0 Å². The number of nitrogens with zero attached hydrogens (tertiary/aromatic N) is 1. The van der Waals surface area contributed by atoms with E-state index >= 15 is 0 Å². The van der Waals surface area contributed by atoms with Crippen molar-refractivity contribution < 1.29 is 14.3 Å². The minimum atomic E-state index is -0.254. The number of nitrogens with one attached hydrogen (secondary N) is 1. The third kappa shape index (κ3) is 2.76. The molecular weight excluding hydrogens is 304 g/mol. The predicted octanol–water partition coefficient (Wildman–Crippen LogP) is 3.81. The first-order valence-corrected chi connectivity index (χ1v) is 7.52. The van der Waals surface area contributed by atoms with Gasteiger partial charge in [-0.05, 0) is 31.2 Å². The molecule has 0 aliphatic carbocycles. The molecule has 0 atom stereocenters. The Balaban J connectivity index is 1.99. The van der Waals surface area contributed by atoms with Crippen molar-refractivity contribution in [3.05, 3.63) is 59.8 Å². The van der Waals surface area contributed by atoms with Gasteiger partial charge in [0.25, 0.3) is 5.91 Å². The van der Waals surface area contributed by atoms with E-state index < -0.39 is 0 Å². The molecule has 1 N–H and O–H groups in total. The molecule has 3 rings (SSSR count). The van der Waals surface area contributed by atoms with Crippen molar-refractivity contribution in [3.63, 3.8) is 0 Å². The third-order valence-electron chi connectivity index (χ3n) is 3.91. The van der Waals surface area contributed by atoms with Crippen molar-refractivity contribution in [2.45, 2.75) is 6.92 Å². The summed E-state index contributed by atoms with van der Waals surface area (Å²) in [7, 11) is 3.13. The minimum Gasteiger partial charge on any atom is -0.496 e. The number of carbonyl (C=O) groups excluding carboxylic acids is 1. The molecule has 0 unspecified atom stereocenters. The van der Waals surface area contributed by atoms with E-state index in [-0.39, 0.29) is 5.91 Å². The molecule has 0 aliphatic heterocycles. The number of anilines is 1. The van der Waals surface area contributed by atoms with Crippen LogP contribution in [0.1, 0.15) is 15.9 Å². The maximum absolute atomic E-state index is 12.7. The molecule has 0 radical (unpaired) electrons. The van der Waals surface area contributed by atoms with Crippen LogP contribution in [-0.4, -0.2) is 25.1 Å². The maximum Gasteiger partial charge on any atom is 0.259 e. The SMILES string of the molecule is COc1ccc(C(=O)Nc2cccc3cccnc23)c(OC)c1C. The fraction of sp³-hybridized carbons (Fsp3) is 0.158. The van der Waals surface area contributed by atoms with Crippen LogP contribution < -0.4 is 14.8 Å². The van der Waals surface area contributed by atoms with Crippen molar-refractivity contribution in [2.75, 3.05) is 19.5 Å². The largest absolute Gasteiger partial charge is 0.496 e. The monoisotopic (exact) mass is 322 g/mol. The van der Waals surface area contributed by atoms with Gasteiger partial charge < -0.3 is 14.8 Å². The Labute approximate surface area is 140 Å². The highest BCUT2D eigenvalue weighted by molar-refractivity contribution is 6.10. The van der Waals surface area contributed by atoms with E-state index in [1.54, 1.807) is 25.4 Å². The summed E-state index contributed by atoms with van der Waals surface area (Å²) in [6.45, 7) is 1.86. The number of rotatable bonds is 4. The second kappa shape index (κ2) is 6.58. The second-order valence-electron chi connectivity index (χ2n) is 5.31. The lowest BCUT2D eigenvalue weighted by Crippen LogP contribution is -2.14. The molecule has 0 saturated carbocycles. The van der Waals surface area contributed by atoms with Crippen LogP contribution in [0.3, 0.4) is 0 Å². The number of ether oxygens (including phenoxy) is 2. The minimum absolute atomic E-state index is 0.254. The number of methoxy groups -OCH3 is 2. The molecule has 3 aromatic rings. The molecule has 0 saturated heterocycles. The highest BCUT2D eigenvalue weighted by Gasteiger charge is 2.18. The van der Waals surface area contributed by atoms with Crippen molar-refractivity contribution in [2.24, 2.45) is 0 Å². The summed E-state index contributed by atoms with van der Waals surface area (Å²) in [6.07, 6.45) is 1.70. The van der Waals surface area contributed by atoms with E-state index in [1.807, 2.05) is 37.3 Å². The first-order chi connectivity index (χ1) is 11.7. The van der Waals surface area contributed by atoms with Crippen LogP contribution in [0.4, 0.5) is 5.69 Å². The Bertz CT molecular complexity index is 901. The number of para-hydroxylation sites is 1. The summed E-state index contributed by atoms with van der Waals surface area (Å²) >= 11 is 0. The van der Waals surface area contributed by atoms with Crippen LogP contribution in [0.5, 0.6) is 11.5 Å². The Morgan fingerprint density at radius 2 is 1.83 bits per heavy atom. The lowest BCUT2D eigenvalue weighted by molar-refractivity contribution is 0.102. The van der Waals surface area contributed by atoms with Gasteiger partial charge in [0.1, 0.15) is 11.5 Å². The summed E-state index contributed by atoms with van der Waals surface area (Å²) in [5, 5.41) is 3.88. The zero-order valence-corrected chi connectivity index (χ0v) is 13.8. The van der Waals surface area contributed by atoms with E-state index in [2.05, 4.69) is 10.3 Å². The van der Waals surface area contributed by atoms with E-state index in [4.69, 9.17) is 9.47 Å². The van der Waals surface area contributed by atoms with Crippen LogP contribution in [0.25, 0.3) is 10.9 Å². The van der Waals surface area contributed by atoms with Gasteiger partial charge in [0.15, 0.2) is 0 Å². The van der Waals surface area contributed by atoms with Gasteiger partial charge >= 0.3 is 0 Å². The van der Waals surface area contributed by atoms with Crippen LogP contribution >= 0.6 is 0 Å². The van der Waals surface area contributed by atoms with Crippen molar-refractivity contribution in [1.29, 1.82) is 0 Å². The van der Waals surface area contributed by atoms with Crippen molar-refractivity contribution in [1.82, 2.24) is 4.98 Å². The van der Waals surface area contributed by atoms with Crippen molar-refractivity contribution >= 4 is 22.5 Å². The first kappa shape index (κ1) is 15.8. The average molecular weight is 322 g/mol. The smallest absolute Gasteiger partial charge is 0.259 e. The molecule has 0 fully saturated rings. The second-order valence-corrected chi connectivity index (χ2v) is 5.31. The van der Waals surface area contributed by atoms with Crippen LogP contribution in [0.15, 0.2) is 48.7 Å². The van der Waals surface area contributed by atoms with Gasteiger partial charge in [-0.15, -0.1) is 0 Å². The molecule has 1 heterocycles. The lowest BCUT2D eigenvalue weighted by Gasteiger charge is -2.14. The average Bonchev–Trinajstić information content (AvgIpc) is 2.61. The number of fused-ring (bicyclic) bond motifs is 1. The van der Waals surface area contributed by atoms with Gasteiger partial charge in [-0.1, -0.05) is 18.2 Å². The zero-order chi connectivity index (χ0) is 17.1. The van der Waals surface area contributed by atoms with Crippen LogP contribution in [0, 0.1) is 6.92 Å². The molecule has 0 aliphatic rings. The fourth-order valence-electron chi connectivity index (χ4n) is 2.73. The van der Waals surface area contributed by atoms with Gasteiger partial charge in [0.2, 0.25) is 0 Å². The normalized spacial score (nSPS) is 10.5. The van der Waals surface area contributed by atoms with Crippen molar-refractivity contribution in [3.8, 4) is 11.5 Å². The molecule has 5 heteroatoms. The number of pyridine rings is 1. The molecule has 1 aromatic heterocycles. The Morgan fingerprint density at radius 1 is 1.04 bits per heavy atom. The Hall–Kier alpha value is -3.08. The molecule has 122 valence electrons. The summed E-state index contributed by atoms with van der Waals surface area (Å²) in [6, 6.07) is 12.9. The van der Waals surface area contributed by atoms with Gasteiger partial charge in [0.05, 0.1) is 31.0 Å². The first-order valence-electron chi connectivity index (χ1n) is 7.52. The lowest BCUT2D eigenvalue weighted by atomic mass is 10.1. The van der Waals surface area contributed by atoms with Crippen LogP contribution in [0.2, 0.25) is 0 Å². The van der Waals surface area contributed by atoms with Crippen LogP contribution in [-0.2, 0) is 0 Å². The Kier molecular flexibility index (Phi) is 4.33. The predicted molar refractivity (Wildman–Crippen MR) is 94.0 cm³/mol. The van der Waals surface area contributed by atoms with E-state index in [0.29, 0.717) is 22.7 Å². The van der Waals surface area contributed by atoms with Gasteiger partial charge in [0, 0.05) is 17.1 Å². The molecule has 24 heavy (non-hydrogen) atoms. The van der Waals surface area contributed by atoms with E-state index in [0.717, 1.165) is 16.5 Å². The molecule has 2 aromatic carbocycles. The third-order valence-corrected chi connectivity index (χ3v) is 3.91. The highest BCUT2D eigenvalue weighted by atomic mass is 16.5. The van der Waals surface area contributed by atoms with E-state index in [1.165, 1.54) is 7.11 Å². The number of amides is 1. The molecular formula is C19H18N2O3. The van der Waals surface area contributed by atoms with Gasteiger partial charge in [-0.3, -0.25) is 9.78 Å². The standard InChI is InChI=1S/C19H18N2O3/c1-12-16(23-2)10-9-14(18(12)24-3)19(22)21-15-8-4-6-13-7-5-11-20-17(13)15/h4-11H,1-3H3,(H,21,22). The molecule has 5 nitrogen and oxygen atoms in total. The topological polar surface area (TPSA) is 60.5 Å². The molecule has 1 amide bonds. The zero-order valence-electron chi connectivity index (χ0n) is 13.8. The maximum atomic E-state index is 12.7. The van der Waals surface area contributed by atoms with Gasteiger partial charge in [-0.2, -0.15) is 0 Å². The van der Waals surface area contributed by atoms with E-state index in [9.17, 15) is 4.79 Å². The quantitative estimate of drug-likeness (QED) is 0.793. The highest BCUT2D eigenvalue weighted by Crippen LogP contribution is 2.32. The molecule has 0 spiro atoms. The summed E-state index contributed by atoms with van der Waals surface area (Å²) in [5.74, 6) is 0.922. The Morgan fingerprint density at radius 3 is 2.58 bits per heavy atom. The number of benzene rings is 2. The summed E-state index contributed by atoms with van der Waals surface area (Å²) in [4.78, 5) is 17.1. The number of hydrogen-bond acceptors (Lipinski definition) is 4. The number of carbonyl (C=O) groups is 1. The summed E-state index contributed by atoms with van der Waals surface area (Å²) in [5.41, 5.74) is 2.64. The number of aromatic nitrogens is 1. The molecule has 0 bridgehead atoms.